The van der Waals surface area contributed by atoms with Crippen LogP contribution >= 0.6 is 0 Å². The highest BCUT2D eigenvalue weighted by molar-refractivity contribution is 5.97. The van der Waals surface area contributed by atoms with Crippen LogP contribution in [0, 0.1) is 5.92 Å². The second kappa shape index (κ2) is 8.64. The number of aromatic nitrogens is 2. The van der Waals surface area contributed by atoms with Crippen molar-refractivity contribution >= 4 is 17.7 Å². The number of nitrogens with two attached hydrogens (primary N) is 1. The van der Waals surface area contributed by atoms with Crippen molar-refractivity contribution in [2.75, 3.05) is 24.4 Å². The number of anilines is 2. The van der Waals surface area contributed by atoms with Gasteiger partial charge in [-0.3, -0.25) is 4.79 Å². The zero-order valence-electron chi connectivity index (χ0n) is 15.3. The Balaban J connectivity index is 1.66. The molecule has 0 unspecified atom stereocenters. The molecule has 1 aromatic rings. The highest BCUT2D eigenvalue weighted by Crippen LogP contribution is 2.28. The summed E-state index contributed by atoms with van der Waals surface area (Å²) < 4.78 is 5.24. The Kier molecular flexibility index (Phi) is 6.26. The molecule has 5 N–H and O–H groups in total. The van der Waals surface area contributed by atoms with Crippen LogP contribution in [0.5, 0.6) is 0 Å². The summed E-state index contributed by atoms with van der Waals surface area (Å²) in [5.41, 5.74) is 5.79. The Morgan fingerprint density at radius 2 is 1.96 bits per heavy atom. The number of aliphatic hydroxyl groups is 1. The fourth-order valence-electron chi connectivity index (χ4n) is 3.92. The average molecular weight is 363 g/mol. The van der Waals surface area contributed by atoms with Gasteiger partial charge in [0.1, 0.15) is 5.82 Å². The molecule has 8 nitrogen and oxygen atoms in total. The Bertz CT molecular complexity index is 619. The number of amides is 1. The van der Waals surface area contributed by atoms with Gasteiger partial charge in [0.15, 0.2) is 0 Å². The molecule has 2 aliphatic rings. The molecule has 2 fully saturated rings. The van der Waals surface area contributed by atoms with E-state index in [-0.39, 0.29) is 18.2 Å². The third-order valence-corrected chi connectivity index (χ3v) is 5.38. The molecule has 8 heteroatoms. The average Bonchev–Trinajstić information content (AvgIpc) is 3.02. The second-order valence-electron chi connectivity index (χ2n) is 7.45. The van der Waals surface area contributed by atoms with Gasteiger partial charge in [-0.05, 0) is 50.9 Å². The number of primary amides is 1. The number of hydrogen-bond acceptors (Lipinski definition) is 7. The van der Waals surface area contributed by atoms with Gasteiger partial charge in [-0.25, -0.2) is 4.98 Å². The Hall–Kier alpha value is -1.93. The number of carbonyl (C=O) groups is 1. The summed E-state index contributed by atoms with van der Waals surface area (Å²) in [5.74, 6) is 1.02. The number of carbonyl (C=O) groups excluding carboxylic acids is 1. The largest absolute Gasteiger partial charge is 0.393 e. The van der Waals surface area contributed by atoms with Gasteiger partial charge in [-0.1, -0.05) is 0 Å². The van der Waals surface area contributed by atoms with Crippen molar-refractivity contribution in [1.29, 1.82) is 0 Å². The summed E-state index contributed by atoms with van der Waals surface area (Å²) in [5, 5.41) is 16.3. The van der Waals surface area contributed by atoms with Crippen molar-refractivity contribution in [2.24, 2.45) is 11.7 Å². The highest BCUT2D eigenvalue weighted by atomic mass is 16.5. The number of nitrogens with zero attached hydrogens (tertiary/aromatic N) is 2. The first-order valence-electron chi connectivity index (χ1n) is 9.42. The van der Waals surface area contributed by atoms with Crippen LogP contribution in [0.2, 0.25) is 0 Å². The molecule has 2 aliphatic carbocycles. The molecule has 0 spiro atoms. The molecule has 0 radical (unpaired) electrons. The van der Waals surface area contributed by atoms with Gasteiger partial charge in [-0.2, -0.15) is 4.98 Å². The Labute approximate surface area is 153 Å². The van der Waals surface area contributed by atoms with Crippen molar-refractivity contribution in [1.82, 2.24) is 9.97 Å². The van der Waals surface area contributed by atoms with Gasteiger partial charge in [0.05, 0.1) is 11.7 Å². The number of methoxy groups -OCH3 is 1. The second-order valence-corrected chi connectivity index (χ2v) is 7.45. The number of ether oxygens (including phenoxy) is 1. The third kappa shape index (κ3) is 4.82. The van der Waals surface area contributed by atoms with E-state index in [1.54, 1.807) is 7.11 Å². The van der Waals surface area contributed by atoms with E-state index in [0.29, 0.717) is 29.7 Å². The summed E-state index contributed by atoms with van der Waals surface area (Å²) in [6.07, 6.45) is 7.76. The van der Waals surface area contributed by atoms with E-state index < -0.39 is 5.91 Å². The molecule has 1 heterocycles. The minimum atomic E-state index is -0.539. The molecular formula is C18H29N5O3. The monoisotopic (exact) mass is 363 g/mol. The lowest BCUT2D eigenvalue weighted by Crippen LogP contribution is -2.30. The molecule has 26 heavy (non-hydrogen) atoms. The van der Waals surface area contributed by atoms with Gasteiger partial charge < -0.3 is 26.2 Å². The summed E-state index contributed by atoms with van der Waals surface area (Å²) in [6, 6.07) is 0.416. The number of nitrogens with one attached hydrogen (secondary N) is 2. The van der Waals surface area contributed by atoms with Crippen LogP contribution in [0.25, 0.3) is 0 Å². The predicted octanol–water partition coefficient (Wildman–Crippen LogP) is 1.52. The van der Waals surface area contributed by atoms with Crippen molar-refractivity contribution < 1.29 is 14.6 Å². The molecule has 1 aromatic heterocycles. The van der Waals surface area contributed by atoms with Gasteiger partial charge in [0, 0.05) is 32.0 Å². The lowest BCUT2D eigenvalue weighted by Gasteiger charge is -2.29. The molecule has 0 bridgehead atoms. The highest BCUT2D eigenvalue weighted by Gasteiger charge is 2.25. The Morgan fingerprint density at radius 3 is 2.58 bits per heavy atom. The van der Waals surface area contributed by atoms with Crippen LogP contribution < -0.4 is 16.4 Å². The molecule has 2 atom stereocenters. The van der Waals surface area contributed by atoms with Crippen LogP contribution in [-0.4, -0.2) is 52.9 Å². The van der Waals surface area contributed by atoms with Gasteiger partial charge in [0.25, 0.3) is 5.91 Å². The van der Waals surface area contributed by atoms with Crippen LogP contribution in [0.3, 0.4) is 0 Å². The van der Waals surface area contributed by atoms with Crippen LogP contribution in [0.4, 0.5) is 11.8 Å². The molecule has 0 aliphatic heterocycles. The first kappa shape index (κ1) is 18.8. The van der Waals surface area contributed by atoms with Gasteiger partial charge in [0.2, 0.25) is 5.95 Å². The first-order valence-corrected chi connectivity index (χ1v) is 9.42. The van der Waals surface area contributed by atoms with Crippen LogP contribution in [-0.2, 0) is 4.74 Å². The number of rotatable bonds is 7. The SMILES string of the molecule is COC[C@H]1CC[C@H](Nc2nc(N[C@H]3CC[C@H](O)C3)ncc2C(N)=O)CC1. The lowest BCUT2D eigenvalue weighted by molar-refractivity contribution is 0.100. The fourth-order valence-corrected chi connectivity index (χ4v) is 3.92. The maximum absolute atomic E-state index is 11.7. The molecule has 144 valence electrons. The van der Waals surface area contributed by atoms with E-state index in [1.807, 2.05) is 0 Å². The lowest BCUT2D eigenvalue weighted by atomic mass is 9.86. The van der Waals surface area contributed by atoms with Crippen molar-refractivity contribution in [3.05, 3.63) is 11.8 Å². The van der Waals surface area contributed by atoms with Crippen molar-refractivity contribution in [2.45, 2.75) is 63.1 Å². The quantitative estimate of drug-likeness (QED) is 0.579. The van der Waals surface area contributed by atoms with E-state index in [1.165, 1.54) is 6.20 Å². The van der Waals surface area contributed by atoms with E-state index in [0.717, 1.165) is 45.1 Å². The molecule has 2 saturated carbocycles. The third-order valence-electron chi connectivity index (χ3n) is 5.38. The Morgan fingerprint density at radius 1 is 1.23 bits per heavy atom. The van der Waals surface area contributed by atoms with E-state index in [9.17, 15) is 9.90 Å². The molecular weight excluding hydrogens is 334 g/mol. The summed E-state index contributed by atoms with van der Waals surface area (Å²) in [6.45, 7) is 0.800. The smallest absolute Gasteiger partial charge is 0.254 e. The minimum Gasteiger partial charge on any atom is -0.393 e. The van der Waals surface area contributed by atoms with E-state index >= 15 is 0 Å². The zero-order valence-corrected chi connectivity index (χ0v) is 15.3. The molecule has 3 rings (SSSR count). The molecule has 0 saturated heterocycles. The topological polar surface area (TPSA) is 122 Å². The van der Waals surface area contributed by atoms with Gasteiger partial charge in [-0.15, -0.1) is 0 Å². The first-order chi connectivity index (χ1) is 12.5. The van der Waals surface area contributed by atoms with Crippen LogP contribution in [0.15, 0.2) is 6.20 Å². The normalized spacial score (nSPS) is 28.7. The standard InChI is InChI=1S/C18H29N5O3/c1-26-10-11-2-4-12(5-3-11)21-17-15(16(19)25)9-20-18(23-17)22-13-6-7-14(24)8-13/h9,11-14,24H,2-8,10H2,1H3,(H2,19,25)(H2,20,21,22,23)/t11-,12-,13-,14-/m0/s1. The number of aliphatic hydroxyl groups excluding tert-OH is 1. The van der Waals surface area contributed by atoms with Crippen molar-refractivity contribution in [3.63, 3.8) is 0 Å². The van der Waals surface area contributed by atoms with Crippen molar-refractivity contribution in [3.8, 4) is 0 Å². The maximum atomic E-state index is 11.7. The van der Waals surface area contributed by atoms with Gasteiger partial charge >= 0.3 is 0 Å². The van der Waals surface area contributed by atoms with E-state index in [2.05, 4.69) is 20.6 Å². The van der Waals surface area contributed by atoms with Crippen LogP contribution in [0.1, 0.15) is 55.3 Å². The summed E-state index contributed by atoms with van der Waals surface area (Å²) in [7, 11) is 1.74. The maximum Gasteiger partial charge on any atom is 0.254 e. The minimum absolute atomic E-state index is 0.154. The summed E-state index contributed by atoms with van der Waals surface area (Å²) >= 11 is 0. The molecule has 0 aromatic carbocycles. The fraction of sp³-hybridized carbons (Fsp3) is 0.722. The summed E-state index contributed by atoms with van der Waals surface area (Å²) in [4.78, 5) is 20.4. The molecule has 1 amide bonds. The zero-order chi connectivity index (χ0) is 18.5. The number of hydrogen-bond donors (Lipinski definition) is 4. The predicted molar refractivity (Wildman–Crippen MR) is 99.1 cm³/mol. The van der Waals surface area contributed by atoms with E-state index in [4.69, 9.17) is 10.5 Å².